The number of hydrogen-bond donors (Lipinski definition) is 1. The summed E-state index contributed by atoms with van der Waals surface area (Å²) >= 11 is 0. The second kappa shape index (κ2) is 3.97. The van der Waals surface area contributed by atoms with Crippen LogP contribution in [0, 0.1) is 36.0 Å². The number of aromatic nitrogens is 2. The van der Waals surface area contributed by atoms with Crippen molar-refractivity contribution in [1.29, 1.82) is 0 Å². The van der Waals surface area contributed by atoms with Crippen LogP contribution in [-0.4, -0.2) is 9.78 Å². The third kappa shape index (κ3) is 1.60. The molecule has 3 nitrogen and oxygen atoms in total. The SMILES string of the molecule is Cc1cn(-c2c(F)c(F)c(F)c(F)c2F)nc1N. The van der Waals surface area contributed by atoms with E-state index in [2.05, 4.69) is 5.10 Å². The second-order valence-electron chi connectivity index (χ2n) is 3.56. The van der Waals surface area contributed by atoms with Gasteiger partial charge in [-0.1, -0.05) is 0 Å². The van der Waals surface area contributed by atoms with Gasteiger partial charge in [-0.15, -0.1) is 0 Å². The van der Waals surface area contributed by atoms with Crippen LogP contribution >= 0.6 is 0 Å². The predicted octanol–water partition coefficient (Wildman–Crippen LogP) is 2.46. The van der Waals surface area contributed by atoms with E-state index in [4.69, 9.17) is 5.73 Å². The van der Waals surface area contributed by atoms with Gasteiger partial charge in [0, 0.05) is 11.8 Å². The van der Waals surface area contributed by atoms with Gasteiger partial charge in [-0.25, -0.2) is 26.6 Å². The number of hydrogen-bond acceptors (Lipinski definition) is 2. The molecule has 1 heterocycles. The molecule has 1 aromatic carbocycles. The maximum absolute atomic E-state index is 13.4. The summed E-state index contributed by atoms with van der Waals surface area (Å²) in [4.78, 5) is 0. The number of rotatable bonds is 1. The van der Waals surface area contributed by atoms with E-state index < -0.39 is 34.8 Å². The van der Waals surface area contributed by atoms with Crippen LogP contribution < -0.4 is 5.73 Å². The van der Waals surface area contributed by atoms with Gasteiger partial charge in [-0.3, -0.25) is 0 Å². The summed E-state index contributed by atoms with van der Waals surface area (Å²) in [6, 6.07) is 0. The van der Waals surface area contributed by atoms with Crippen molar-refractivity contribution in [3.05, 3.63) is 40.8 Å². The number of nitrogen functional groups attached to an aromatic ring is 1. The molecule has 2 aromatic rings. The molecule has 2 N–H and O–H groups in total. The van der Waals surface area contributed by atoms with Crippen LogP contribution in [0.1, 0.15) is 5.56 Å². The summed E-state index contributed by atoms with van der Waals surface area (Å²) in [5.41, 5.74) is 4.53. The minimum atomic E-state index is -2.22. The molecule has 18 heavy (non-hydrogen) atoms. The average molecular weight is 263 g/mol. The van der Waals surface area contributed by atoms with Gasteiger partial charge in [0.05, 0.1) is 0 Å². The standard InChI is InChI=1S/C10H6F5N3/c1-3-2-18(17-10(3)16)9-7(14)5(12)4(11)6(13)8(9)15/h2H,1H3,(H2,16,17). The van der Waals surface area contributed by atoms with E-state index in [9.17, 15) is 22.0 Å². The molecule has 0 amide bonds. The van der Waals surface area contributed by atoms with Crippen molar-refractivity contribution in [2.75, 3.05) is 5.73 Å². The van der Waals surface area contributed by atoms with Crippen molar-refractivity contribution in [3.63, 3.8) is 0 Å². The highest BCUT2D eigenvalue weighted by atomic mass is 19.2. The van der Waals surface area contributed by atoms with Crippen molar-refractivity contribution in [2.45, 2.75) is 6.92 Å². The van der Waals surface area contributed by atoms with Crippen molar-refractivity contribution in [2.24, 2.45) is 0 Å². The highest BCUT2D eigenvalue weighted by Crippen LogP contribution is 2.26. The lowest BCUT2D eigenvalue weighted by atomic mass is 10.2. The van der Waals surface area contributed by atoms with Crippen LogP contribution in [0.2, 0.25) is 0 Å². The fourth-order valence-corrected chi connectivity index (χ4v) is 1.38. The molecule has 96 valence electrons. The molecule has 8 heteroatoms. The Labute approximate surface area is 97.6 Å². The first kappa shape index (κ1) is 12.3. The fraction of sp³-hybridized carbons (Fsp3) is 0.100. The summed E-state index contributed by atoms with van der Waals surface area (Å²) < 4.78 is 66.1. The Kier molecular flexibility index (Phi) is 2.72. The van der Waals surface area contributed by atoms with E-state index in [0.717, 1.165) is 6.20 Å². The first-order valence-electron chi connectivity index (χ1n) is 4.68. The fourth-order valence-electron chi connectivity index (χ4n) is 1.38. The minimum absolute atomic E-state index is 0.0704. The number of nitrogens with two attached hydrogens (primary N) is 1. The van der Waals surface area contributed by atoms with Gasteiger partial charge in [-0.2, -0.15) is 5.10 Å². The van der Waals surface area contributed by atoms with Gasteiger partial charge in [0.25, 0.3) is 0 Å². The van der Waals surface area contributed by atoms with Gasteiger partial charge in [0.2, 0.25) is 5.82 Å². The molecule has 0 bridgehead atoms. The van der Waals surface area contributed by atoms with Crippen LogP contribution in [0.15, 0.2) is 6.20 Å². The highest BCUT2D eigenvalue weighted by molar-refractivity contribution is 5.43. The van der Waals surface area contributed by atoms with E-state index in [-0.39, 0.29) is 5.82 Å². The third-order valence-electron chi connectivity index (χ3n) is 2.35. The van der Waals surface area contributed by atoms with E-state index in [1.54, 1.807) is 0 Å². The van der Waals surface area contributed by atoms with Crippen LogP contribution in [0.4, 0.5) is 27.8 Å². The number of anilines is 1. The molecule has 0 fully saturated rings. The monoisotopic (exact) mass is 263 g/mol. The number of nitrogens with zero attached hydrogens (tertiary/aromatic N) is 2. The van der Waals surface area contributed by atoms with E-state index in [0.29, 0.717) is 10.2 Å². The topological polar surface area (TPSA) is 43.8 Å². The summed E-state index contributed by atoms with van der Waals surface area (Å²) in [6.07, 6.45) is 1.06. The maximum Gasteiger partial charge on any atom is 0.200 e. The second-order valence-corrected chi connectivity index (χ2v) is 3.56. The van der Waals surface area contributed by atoms with Crippen LogP contribution in [0.5, 0.6) is 0 Å². The lowest BCUT2D eigenvalue weighted by Gasteiger charge is -2.07. The Hall–Kier alpha value is -2.12. The Morgan fingerprint density at radius 1 is 0.944 bits per heavy atom. The normalized spacial score (nSPS) is 11.0. The van der Waals surface area contributed by atoms with E-state index >= 15 is 0 Å². The zero-order valence-electron chi connectivity index (χ0n) is 8.94. The largest absolute Gasteiger partial charge is 0.382 e. The Morgan fingerprint density at radius 3 is 1.78 bits per heavy atom. The molecule has 0 saturated carbocycles. The summed E-state index contributed by atoms with van der Waals surface area (Å²) in [7, 11) is 0. The van der Waals surface area contributed by atoms with Crippen molar-refractivity contribution < 1.29 is 22.0 Å². The molecule has 0 radical (unpaired) electrons. The quantitative estimate of drug-likeness (QED) is 0.488. The molecule has 0 aliphatic carbocycles. The van der Waals surface area contributed by atoms with Gasteiger partial charge < -0.3 is 5.73 Å². The van der Waals surface area contributed by atoms with E-state index in [1.165, 1.54) is 6.92 Å². The first-order valence-corrected chi connectivity index (χ1v) is 4.68. The number of halogens is 5. The summed E-state index contributed by atoms with van der Waals surface area (Å²) in [6.45, 7) is 1.48. The zero-order chi connectivity index (χ0) is 13.6. The van der Waals surface area contributed by atoms with Gasteiger partial charge in [-0.05, 0) is 6.92 Å². The lowest BCUT2D eigenvalue weighted by Crippen LogP contribution is -2.10. The van der Waals surface area contributed by atoms with Crippen LogP contribution in [0.3, 0.4) is 0 Å². The molecule has 0 spiro atoms. The number of benzene rings is 1. The van der Waals surface area contributed by atoms with Crippen LogP contribution in [-0.2, 0) is 0 Å². The van der Waals surface area contributed by atoms with Crippen LogP contribution in [0.25, 0.3) is 5.69 Å². The minimum Gasteiger partial charge on any atom is -0.382 e. The van der Waals surface area contributed by atoms with Crippen molar-refractivity contribution in [1.82, 2.24) is 9.78 Å². The van der Waals surface area contributed by atoms with Gasteiger partial charge in [0.1, 0.15) is 11.5 Å². The molecule has 0 saturated heterocycles. The average Bonchev–Trinajstić information content (AvgIpc) is 2.64. The molecule has 1 aromatic heterocycles. The Morgan fingerprint density at radius 2 is 1.39 bits per heavy atom. The zero-order valence-corrected chi connectivity index (χ0v) is 8.94. The Bertz CT molecular complexity index is 586. The lowest BCUT2D eigenvalue weighted by molar-refractivity contribution is 0.374. The molecule has 0 aliphatic rings. The highest BCUT2D eigenvalue weighted by Gasteiger charge is 2.27. The smallest absolute Gasteiger partial charge is 0.200 e. The van der Waals surface area contributed by atoms with Crippen molar-refractivity contribution in [3.8, 4) is 5.69 Å². The van der Waals surface area contributed by atoms with Gasteiger partial charge >= 0.3 is 0 Å². The van der Waals surface area contributed by atoms with Crippen molar-refractivity contribution >= 4 is 5.82 Å². The molecule has 0 atom stereocenters. The molecule has 2 rings (SSSR count). The van der Waals surface area contributed by atoms with E-state index in [1.807, 2.05) is 0 Å². The maximum atomic E-state index is 13.4. The number of aryl methyl sites for hydroxylation is 1. The molecular weight excluding hydrogens is 257 g/mol. The first-order chi connectivity index (χ1) is 8.34. The summed E-state index contributed by atoms with van der Waals surface area (Å²) in [5.74, 6) is -10.3. The predicted molar refractivity (Wildman–Crippen MR) is 52.5 cm³/mol. The summed E-state index contributed by atoms with van der Waals surface area (Å²) in [5, 5.41) is 3.47. The Balaban J connectivity index is 2.79. The van der Waals surface area contributed by atoms with Gasteiger partial charge in [0.15, 0.2) is 23.3 Å². The third-order valence-corrected chi connectivity index (χ3v) is 2.35. The molecule has 0 aliphatic heterocycles. The molecular formula is C10H6F5N3. The molecule has 0 unspecified atom stereocenters.